The molecule has 0 bridgehead atoms. The topological polar surface area (TPSA) is 88.5 Å². The molecule has 0 aliphatic carbocycles. The molecule has 1 aromatic heterocycles. The van der Waals surface area contributed by atoms with Gasteiger partial charge in [-0.15, -0.1) is 11.3 Å². The van der Waals surface area contributed by atoms with Crippen molar-refractivity contribution in [3.8, 4) is 17.2 Å². The second-order valence-corrected chi connectivity index (χ2v) is 8.18. The highest BCUT2D eigenvalue weighted by atomic mass is 32.1. The highest BCUT2D eigenvalue weighted by Crippen LogP contribution is 2.45. The number of methoxy groups -OCH3 is 3. The fraction of sp³-hybridized carbons (Fsp3) is 0.364. The van der Waals surface area contributed by atoms with Gasteiger partial charge in [-0.05, 0) is 43.2 Å². The Hall–Kier alpha value is -3.04. The molecule has 0 fully saturated rings. The molecule has 8 nitrogen and oxygen atoms in total. The molecule has 9 heteroatoms. The molecule has 0 spiro atoms. The number of amides is 1. The van der Waals surface area contributed by atoms with Gasteiger partial charge < -0.3 is 29.1 Å². The molecule has 1 aromatic carbocycles. The first-order chi connectivity index (χ1) is 14.8. The van der Waals surface area contributed by atoms with E-state index in [0.29, 0.717) is 40.8 Å². The van der Waals surface area contributed by atoms with Crippen molar-refractivity contribution in [3.05, 3.63) is 51.4 Å². The lowest BCUT2D eigenvalue weighted by molar-refractivity contribution is -0.129. The molecule has 2 aromatic rings. The van der Waals surface area contributed by atoms with Gasteiger partial charge in [-0.25, -0.2) is 0 Å². The lowest BCUT2D eigenvalue weighted by Crippen LogP contribution is -2.36. The summed E-state index contributed by atoms with van der Waals surface area (Å²) in [5.74, 6) is -0.307. The maximum atomic E-state index is 13.3. The van der Waals surface area contributed by atoms with E-state index in [1.54, 1.807) is 29.6 Å². The smallest absolute Gasteiger partial charge is 0.290 e. The molecule has 0 saturated carbocycles. The number of thiophene rings is 1. The van der Waals surface area contributed by atoms with Crippen molar-refractivity contribution in [1.29, 1.82) is 0 Å². The highest BCUT2D eigenvalue weighted by Gasteiger charge is 2.44. The number of hydrogen-bond acceptors (Lipinski definition) is 8. The number of aliphatic hydroxyl groups is 1. The van der Waals surface area contributed by atoms with Crippen molar-refractivity contribution < 1.29 is 28.9 Å². The number of likely N-dealkylation sites (N-methyl/N-ethyl adjacent to an activating group) is 1. The third kappa shape index (κ3) is 4.24. The molecule has 1 aliphatic heterocycles. The van der Waals surface area contributed by atoms with Gasteiger partial charge in [-0.3, -0.25) is 9.59 Å². The molecule has 1 aliphatic rings. The van der Waals surface area contributed by atoms with E-state index in [9.17, 15) is 14.7 Å². The van der Waals surface area contributed by atoms with Crippen LogP contribution in [0.1, 0.15) is 21.3 Å². The number of ketones is 1. The van der Waals surface area contributed by atoms with E-state index in [1.807, 2.05) is 19.0 Å². The van der Waals surface area contributed by atoms with Crippen LogP contribution in [0.3, 0.4) is 0 Å². The Kier molecular flexibility index (Phi) is 6.87. The van der Waals surface area contributed by atoms with Crippen molar-refractivity contribution >= 4 is 23.0 Å². The monoisotopic (exact) mass is 446 g/mol. The quantitative estimate of drug-likeness (QED) is 0.593. The zero-order valence-corrected chi connectivity index (χ0v) is 19.0. The Morgan fingerprint density at radius 3 is 2.29 bits per heavy atom. The predicted octanol–water partition coefficient (Wildman–Crippen LogP) is 2.91. The maximum Gasteiger partial charge on any atom is 0.290 e. The molecule has 1 amide bonds. The fourth-order valence-corrected chi connectivity index (χ4v) is 4.25. The van der Waals surface area contributed by atoms with Crippen LogP contribution in [0.5, 0.6) is 17.2 Å². The Labute approximate surface area is 185 Å². The summed E-state index contributed by atoms with van der Waals surface area (Å²) < 4.78 is 16.3. The number of ether oxygens (including phenoxy) is 3. The average molecular weight is 447 g/mol. The third-order valence-electron chi connectivity index (χ3n) is 5.08. The first-order valence-corrected chi connectivity index (χ1v) is 10.5. The Balaban J connectivity index is 2.17. The summed E-state index contributed by atoms with van der Waals surface area (Å²) in [7, 11) is 8.27. The van der Waals surface area contributed by atoms with Crippen molar-refractivity contribution in [2.75, 3.05) is 48.5 Å². The van der Waals surface area contributed by atoms with E-state index < -0.39 is 17.7 Å². The molecule has 0 saturated heterocycles. The van der Waals surface area contributed by atoms with Crippen LogP contribution in [0, 0.1) is 0 Å². The molecule has 1 atom stereocenters. The van der Waals surface area contributed by atoms with Gasteiger partial charge in [-0.2, -0.15) is 0 Å². The van der Waals surface area contributed by atoms with E-state index in [1.165, 1.54) is 37.6 Å². The van der Waals surface area contributed by atoms with Gasteiger partial charge in [0.2, 0.25) is 11.5 Å². The molecule has 2 heterocycles. The van der Waals surface area contributed by atoms with Crippen LogP contribution in [0.15, 0.2) is 41.0 Å². The molecule has 31 heavy (non-hydrogen) atoms. The second-order valence-electron chi connectivity index (χ2n) is 7.23. The van der Waals surface area contributed by atoms with Gasteiger partial charge in [-0.1, -0.05) is 6.07 Å². The SMILES string of the molecule is COc1cc(C2C(C(=O)c3cccs3)=C(O)C(=O)N2CCN(C)C)cc(OC)c1OC. The van der Waals surface area contributed by atoms with Gasteiger partial charge in [0, 0.05) is 13.1 Å². The highest BCUT2D eigenvalue weighted by molar-refractivity contribution is 7.12. The summed E-state index contributed by atoms with van der Waals surface area (Å²) in [6, 6.07) is 6.03. The summed E-state index contributed by atoms with van der Waals surface area (Å²) in [6.07, 6.45) is 0. The Morgan fingerprint density at radius 2 is 1.81 bits per heavy atom. The number of benzene rings is 1. The van der Waals surface area contributed by atoms with Crippen molar-refractivity contribution in [2.45, 2.75) is 6.04 Å². The van der Waals surface area contributed by atoms with Crippen LogP contribution in [0.25, 0.3) is 0 Å². The number of aliphatic hydroxyl groups excluding tert-OH is 1. The van der Waals surface area contributed by atoms with Crippen molar-refractivity contribution in [3.63, 3.8) is 0 Å². The minimum Gasteiger partial charge on any atom is -0.503 e. The van der Waals surface area contributed by atoms with Crippen molar-refractivity contribution in [2.24, 2.45) is 0 Å². The summed E-state index contributed by atoms with van der Waals surface area (Å²) in [4.78, 5) is 30.1. The minimum atomic E-state index is -0.796. The van der Waals surface area contributed by atoms with Crippen LogP contribution in [-0.4, -0.2) is 75.1 Å². The van der Waals surface area contributed by atoms with E-state index in [2.05, 4.69) is 0 Å². The number of Topliss-reactive ketones (excluding diaryl/α,β-unsaturated/α-hetero) is 1. The molecule has 3 rings (SSSR count). The summed E-state index contributed by atoms with van der Waals surface area (Å²) >= 11 is 1.26. The van der Waals surface area contributed by atoms with Crippen LogP contribution in [-0.2, 0) is 4.79 Å². The average Bonchev–Trinajstić information content (AvgIpc) is 3.38. The largest absolute Gasteiger partial charge is 0.503 e. The Morgan fingerprint density at radius 1 is 1.16 bits per heavy atom. The van der Waals surface area contributed by atoms with Gasteiger partial charge in [0.25, 0.3) is 5.91 Å². The maximum absolute atomic E-state index is 13.3. The Bertz CT molecular complexity index is 974. The first-order valence-electron chi connectivity index (χ1n) is 9.60. The predicted molar refractivity (Wildman–Crippen MR) is 117 cm³/mol. The summed E-state index contributed by atoms with van der Waals surface area (Å²) in [6.45, 7) is 0.874. The zero-order chi connectivity index (χ0) is 22.7. The number of hydrogen-bond donors (Lipinski definition) is 1. The van der Waals surface area contributed by atoms with Gasteiger partial charge in [0.15, 0.2) is 17.3 Å². The van der Waals surface area contributed by atoms with Crippen LogP contribution in [0.4, 0.5) is 0 Å². The van der Waals surface area contributed by atoms with Crippen LogP contribution >= 0.6 is 11.3 Å². The molecule has 0 radical (unpaired) electrons. The molecule has 1 unspecified atom stereocenters. The third-order valence-corrected chi connectivity index (χ3v) is 5.95. The first kappa shape index (κ1) is 22.6. The molecular formula is C22H26N2O6S. The van der Waals surface area contributed by atoms with E-state index in [4.69, 9.17) is 14.2 Å². The number of rotatable bonds is 9. The number of nitrogens with zero attached hydrogens (tertiary/aromatic N) is 2. The molecular weight excluding hydrogens is 420 g/mol. The van der Waals surface area contributed by atoms with Gasteiger partial charge in [0.1, 0.15) is 0 Å². The van der Waals surface area contributed by atoms with Crippen LogP contribution < -0.4 is 14.2 Å². The number of carbonyl (C=O) groups excluding carboxylic acids is 2. The lowest BCUT2D eigenvalue weighted by Gasteiger charge is -2.28. The zero-order valence-electron chi connectivity index (χ0n) is 18.2. The summed E-state index contributed by atoms with van der Waals surface area (Å²) in [5.41, 5.74) is 0.617. The lowest BCUT2D eigenvalue weighted by atomic mass is 9.94. The van der Waals surface area contributed by atoms with Crippen LogP contribution in [0.2, 0.25) is 0 Å². The summed E-state index contributed by atoms with van der Waals surface area (Å²) in [5, 5.41) is 12.5. The minimum absolute atomic E-state index is 0.0421. The van der Waals surface area contributed by atoms with Gasteiger partial charge >= 0.3 is 0 Å². The number of carbonyl (C=O) groups is 2. The second kappa shape index (κ2) is 9.40. The van der Waals surface area contributed by atoms with Gasteiger partial charge in [0.05, 0.1) is 37.8 Å². The molecule has 1 N–H and O–H groups in total. The van der Waals surface area contributed by atoms with E-state index >= 15 is 0 Å². The normalized spacial score (nSPS) is 16.3. The van der Waals surface area contributed by atoms with E-state index in [-0.39, 0.29) is 11.4 Å². The fourth-order valence-electron chi connectivity index (χ4n) is 3.57. The van der Waals surface area contributed by atoms with E-state index in [0.717, 1.165) is 0 Å². The standard InChI is InChI=1S/C22H26N2O6S/c1-23(2)8-9-24-18(13-11-14(28-3)21(30-5)15(12-13)29-4)17(20(26)22(24)27)19(25)16-7-6-10-31-16/h6-7,10-12,18,26H,8-9H2,1-5H3. The van der Waals surface area contributed by atoms with Crippen molar-refractivity contribution in [1.82, 2.24) is 9.80 Å². The molecule has 166 valence electrons.